The molecular weight excluding hydrogens is 234 g/mol. The van der Waals surface area contributed by atoms with Crippen LogP contribution in [0.2, 0.25) is 0 Å². The van der Waals surface area contributed by atoms with Crippen LogP contribution in [0.25, 0.3) is 0 Å². The monoisotopic (exact) mass is 249 g/mol. The molecule has 6 nitrogen and oxygen atoms in total. The molecule has 1 heterocycles. The molecule has 0 amide bonds. The van der Waals surface area contributed by atoms with Crippen molar-refractivity contribution in [3.8, 4) is 11.5 Å². The van der Waals surface area contributed by atoms with Crippen LogP contribution in [-0.2, 0) is 13.0 Å². The lowest BCUT2D eigenvalue weighted by Crippen LogP contribution is -2.02. The van der Waals surface area contributed by atoms with Crippen molar-refractivity contribution in [1.29, 1.82) is 0 Å². The van der Waals surface area contributed by atoms with Gasteiger partial charge in [-0.05, 0) is 12.1 Å². The highest BCUT2D eigenvalue weighted by atomic mass is 16.5. The molecule has 6 heteroatoms. The average molecular weight is 249 g/mol. The molecule has 0 aliphatic carbocycles. The molecule has 0 saturated heterocycles. The van der Waals surface area contributed by atoms with E-state index in [1.165, 1.54) is 0 Å². The van der Waals surface area contributed by atoms with Gasteiger partial charge in [0.1, 0.15) is 0 Å². The Labute approximate surface area is 105 Å². The van der Waals surface area contributed by atoms with E-state index in [1.807, 2.05) is 24.3 Å². The first-order valence-corrected chi connectivity index (χ1v) is 5.60. The van der Waals surface area contributed by atoms with E-state index in [-0.39, 0.29) is 6.61 Å². The summed E-state index contributed by atoms with van der Waals surface area (Å²) in [5, 5.41) is 7.72. The average Bonchev–Trinajstić information content (AvgIpc) is 2.85. The van der Waals surface area contributed by atoms with Crippen LogP contribution in [0.3, 0.4) is 0 Å². The summed E-state index contributed by atoms with van der Waals surface area (Å²) in [5.41, 5.74) is 5.40. The quantitative estimate of drug-likeness (QED) is 0.827. The second-order valence-corrected chi connectivity index (χ2v) is 3.57. The van der Waals surface area contributed by atoms with Gasteiger partial charge in [0.2, 0.25) is 5.89 Å². The number of hydrogen-bond donors (Lipinski definition) is 1. The van der Waals surface area contributed by atoms with Crippen molar-refractivity contribution < 1.29 is 13.9 Å². The van der Waals surface area contributed by atoms with Crippen molar-refractivity contribution in [3.63, 3.8) is 0 Å². The van der Waals surface area contributed by atoms with Crippen LogP contribution in [0.4, 0.5) is 0 Å². The maximum absolute atomic E-state index is 5.55. The number of hydrogen-bond acceptors (Lipinski definition) is 6. The van der Waals surface area contributed by atoms with Gasteiger partial charge in [-0.2, -0.15) is 0 Å². The van der Waals surface area contributed by atoms with Crippen LogP contribution in [0.15, 0.2) is 28.7 Å². The smallest absolute Gasteiger partial charge is 0.253 e. The molecule has 18 heavy (non-hydrogen) atoms. The highest BCUT2D eigenvalue weighted by molar-refractivity contribution is 5.39. The van der Waals surface area contributed by atoms with E-state index >= 15 is 0 Å². The Bertz CT molecular complexity index is 499. The number of nitrogens with two attached hydrogens (primary N) is 1. The first-order valence-electron chi connectivity index (χ1n) is 5.60. The molecule has 2 rings (SSSR count). The van der Waals surface area contributed by atoms with Crippen molar-refractivity contribution in [3.05, 3.63) is 36.0 Å². The van der Waals surface area contributed by atoms with Gasteiger partial charge in [0.15, 0.2) is 18.1 Å². The molecule has 1 aromatic carbocycles. The first kappa shape index (κ1) is 12.4. The van der Waals surface area contributed by atoms with Gasteiger partial charge in [0.05, 0.1) is 7.11 Å². The third-order valence-corrected chi connectivity index (χ3v) is 2.29. The molecule has 96 valence electrons. The van der Waals surface area contributed by atoms with Crippen molar-refractivity contribution in [2.24, 2.45) is 5.73 Å². The van der Waals surface area contributed by atoms with Crippen LogP contribution in [0.5, 0.6) is 11.5 Å². The van der Waals surface area contributed by atoms with E-state index in [1.54, 1.807) is 7.11 Å². The first-order chi connectivity index (χ1) is 8.83. The number of aromatic nitrogens is 2. The molecule has 0 bridgehead atoms. The summed E-state index contributed by atoms with van der Waals surface area (Å²) >= 11 is 0. The molecule has 0 unspecified atom stereocenters. The number of methoxy groups -OCH3 is 1. The molecule has 0 fully saturated rings. The topological polar surface area (TPSA) is 83.4 Å². The zero-order chi connectivity index (χ0) is 12.8. The molecule has 0 aliphatic rings. The molecule has 0 spiro atoms. The fraction of sp³-hybridized carbons (Fsp3) is 0.333. The van der Waals surface area contributed by atoms with Crippen molar-refractivity contribution in [2.75, 3.05) is 13.7 Å². The molecule has 0 aliphatic heterocycles. The Kier molecular flexibility index (Phi) is 4.14. The Morgan fingerprint density at radius 1 is 1.17 bits per heavy atom. The van der Waals surface area contributed by atoms with Gasteiger partial charge >= 0.3 is 0 Å². The zero-order valence-corrected chi connectivity index (χ0v) is 10.1. The number of ether oxygens (including phenoxy) is 2. The normalized spacial score (nSPS) is 10.3. The summed E-state index contributed by atoms with van der Waals surface area (Å²) in [7, 11) is 1.59. The Hall–Kier alpha value is -2.08. The highest BCUT2D eigenvalue weighted by Crippen LogP contribution is 2.26. The molecule has 2 aromatic rings. The molecule has 0 atom stereocenters. The van der Waals surface area contributed by atoms with Gasteiger partial charge < -0.3 is 19.6 Å². The number of nitrogens with zero attached hydrogens (tertiary/aromatic N) is 2. The lowest BCUT2D eigenvalue weighted by molar-refractivity contribution is 0.247. The standard InChI is InChI=1S/C12H15N3O3/c1-16-9-4-2-3-5-10(9)17-8-12-15-14-11(18-12)6-7-13/h2-5H,6-8,13H2,1H3. The number of para-hydroxylation sites is 2. The summed E-state index contributed by atoms with van der Waals surface area (Å²) in [6.07, 6.45) is 0.571. The SMILES string of the molecule is COc1ccccc1OCc1nnc(CCN)o1. The second-order valence-electron chi connectivity index (χ2n) is 3.57. The zero-order valence-electron chi connectivity index (χ0n) is 10.1. The minimum absolute atomic E-state index is 0.206. The third kappa shape index (κ3) is 2.98. The predicted octanol–water partition coefficient (Wildman–Crippen LogP) is 1.16. The van der Waals surface area contributed by atoms with E-state index < -0.39 is 0 Å². The van der Waals surface area contributed by atoms with Crippen LogP contribution >= 0.6 is 0 Å². The summed E-state index contributed by atoms with van der Waals surface area (Å²) in [6, 6.07) is 7.38. The largest absolute Gasteiger partial charge is 0.493 e. The minimum atomic E-state index is 0.206. The molecule has 0 saturated carbocycles. The van der Waals surface area contributed by atoms with Gasteiger partial charge in [-0.25, -0.2) is 0 Å². The predicted molar refractivity (Wildman–Crippen MR) is 64.4 cm³/mol. The minimum Gasteiger partial charge on any atom is -0.493 e. The van der Waals surface area contributed by atoms with Crippen molar-refractivity contribution in [1.82, 2.24) is 10.2 Å². The van der Waals surface area contributed by atoms with Crippen LogP contribution in [0.1, 0.15) is 11.8 Å². The second kappa shape index (κ2) is 6.02. The lowest BCUT2D eigenvalue weighted by Gasteiger charge is -2.07. The molecule has 2 N–H and O–H groups in total. The molecular formula is C12H15N3O3. The van der Waals surface area contributed by atoms with E-state index in [2.05, 4.69) is 10.2 Å². The molecule has 1 aromatic heterocycles. The van der Waals surface area contributed by atoms with Crippen LogP contribution in [0, 0.1) is 0 Å². The highest BCUT2D eigenvalue weighted by Gasteiger charge is 2.08. The Morgan fingerprint density at radius 2 is 1.89 bits per heavy atom. The summed E-state index contributed by atoms with van der Waals surface area (Å²) in [6.45, 7) is 0.687. The maximum Gasteiger partial charge on any atom is 0.253 e. The Balaban J connectivity index is 1.97. The number of rotatable bonds is 6. The van der Waals surface area contributed by atoms with Crippen molar-refractivity contribution >= 4 is 0 Å². The summed E-state index contributed by atoms with van der Waals surface area (Å²) < 4.78 is 16.1. The van der Waals surface area contributed by atoms with Gasteiger partial charge in [-0.15, -0.1) is 10.2 Å². The fourth-order valence-corrected chi connectivity index (χ4v) is 1.45. The lowest BCUT2D eigenvalue weighted by atomic mass is 10.3. The van der Waals surface area contributed by atoms with E-state index in [0.717, 1.165) is 0 Å². The third-order valence-electron chi connectivity index (χ3n) is 2.29. The van der Waals surface area contributed by atoms with Gasteiger partial charge in [-0.3, -0.25) is 0 Å². The van der Waals surface area contributed by atoms with Gasteiger partial charge in [0.25, 0.3) is 5.89 Å². The van der Waals surface area contributed by atoms with Crippen LogP contribution < -0.4 is 15.2 Å². The molecule has 0 radical (unpaired) electrons. The van der Waals surface area contributed by atoms with Gasteiger partial charge in [-0.1, -0.05) is 12.1 Å². The maximum atomic E-state index is 5.55. The van der Waals surface area contributed by atoms with E-state index in [4.69, 9.17) is 19.6 Å². The van der Waals surface area contributed by atoms with E-state index in [0.29, 0.717) is 36.2 Å². The van der Waals surface area contributed by atoms with Gasteiger partial charge in [0, 0.05) is 13.0 Å². The number of benzene rings is 1. The fourth-order valence-electron chi connectivity index (χ4n) is 1.45. The van der Waals surface area contributed by atoms with Crippen LogP contribution in [-0.4, -0.2) is 23.9 Å². The summed E-state index contributed by atoms with van der Waals surface area (Å²) in [5.74, 6) is 2.25. The Morgan fingerprint density at radius 3 is 2.61 bits per heavy atom. The van der Waals surface area contributed by atoms with Crippen molar-refractivity contribution in [2.45, 2.75) is 13.0 Å². The van der Waals surface area contributed by atoms with E-state index in [9.17, 15) is 0 Å². The summed E-state index contributed by atoms with van der Waals surface area (Å²) in [4.78, 5) is 0.